The quantitative estimate of drug-likeness (QED) is 0.778. The number of nitrogens with zero attached hydrogens (tertiary/aromatic N) is 4. The number of benzene rings is 1. The van der Waals surface area contributed by atoms with Gasteiger partial charge in [0, 0.05) is 5.02 Å². The third kappa shape index (κ3) is 1.99. The van der Waals surface area contributed by atoms with E-state index in [4.69, 9.17) is 11.6 Å². The van der Waals surface area contributed by atoms with E-state index < -0.39 is 12.0 Å². The highest BCUT2D eigenvalue weighted by Gasteiger charge is 2.38. The number of alkyl halides is 3. The first-order valence-corrected chi connectivity index (χ1v) is 4.48. The molecule has 0 N–H and O–H groups in total. The van der Waals surface area contributed by atoms with Crippen LogP contribution in [-0.2, 0) is 6.18 Å². The van der Waals surface area contributed by atoms with Crippen LogP contribution in [0.4, 0.5) is 13.2 Å². The van der Waals surface area contributed by atoms with Gasteiger partial charge in [0.15, 0.2) is 0 Å². The summed E-state index contributed by atoms with van der Waals surface area (Å²) in [5, 5.41) is 9.50. The van der Waals surface area contributed by atoms with Gasteiger partial charge in [0.1, 0.15) is 0 Å². The highest BCUT2D eigenvalue weighted by Crippen LogP contribution is 2.28. The zero-order valence-corrected chi connectivity index (χ0v) is 8.37. The van der Waals surface area contributed by atoms with Crippen molar-refractivity contribution in [2.24, 2.45) is 0 Å². The summed E-state index contributed by atoms with van der Waals surface area (Å²) in [7, 11) is 0. The number of hydrogen-bond acceptors (Lipinski definition) is 3. The lowest BCUT2D eigenvalue weighted by atomic mass is 10.3. The summed E-state index contributed by atoms with van der Waals surface area (Å²) in [5.41, 5.74) is 0.157. The molecular weight excluding hydrogens is 245 g/mol. The molecule has 0 saturated carbocycles. The van der Waals surface area contributed by atoms with Crippen molar-refractivity contribution in [1.82, 2.24) is 20.2 Å². The van der Waals surface area contributed by atoms with Gasteiger partial charge >= 0.3 is 6.18 Å². The molecule has 0 spiro atoms. The maximum atomic E-state index is 12.5. The first-order chi connectivity index (χ1) is 7.48. The number of aromatic nitrogens is 4. The molecule has 1 heterocycles. The standard InChI is InChI=1S/C8H4ClF3N4/c9-5-2-1-3-6(4-5)16-7(8(10,11)12)13-14-15-16/h1-4H. The van der Waals surface area contributed by atoms with Crippen LogP contribution in [0, 0.1) is 0 Å². The average molecular weight is 249 g/mol. The molecule has 4 nitrogen and oxygen atoms in total. The molecule has 0 radical (unpaired) electrons. The van der Waals surface area contributed by atoms with E-state index in [0.29, 0.717) is 9.70 Å². The van der Waals surface area contributed by atoms with Gasteiger partial charge in [-0.2, -0.15) is 17.9 Å². The second kappa shape index (κ2) is 3.75. The van der Waals surface area contributed by atoms with Gasteiger partial charge in [-0.15, -0.1) is 5.10 Å². The normalized spacial score (nSPS) is 11.8. The fourth-order valence-corrected chi connectivity index (χ4v) is 1.33. The van der Waals surface area contributed by atoms with Gasteiger partial charge in [-0.05, 0) is 28.6 Å². The van der Waals surface area contributed by atoms with E-state index in [2.05, 4.69) is 15.5 Å². The predicted octanol–water partition coefficient (Wildman–Crippen LogP) is 2.33. The minimum Gasteiger partial charge on any atom is -0.189 e. The van der Waals surface area contributed by atoms with Crippen molar-refractivity contribution < 1.29 is 13.2 Å². The molecule has 84 valence electrons. The minimum absolute atomic E-state index is 0.157. The van der Waals surface area contributed by atoms with Crippen molar-refractivity contribution >= 4 is 11.6 Å². The molecule has 0 amide bonds. The van der Waals surface area contributed by atoms with E-state index in [-0.39, 0.29) is 5.69 Å². The van der Waals surface area contributed by atoms with Crippen LogP contribution >= 0.6 is 11.6 Å². The smallest absolute Gasteiger partial charge is 0.189 e. The van der Waals surface area contributed by atoms with Gasteiger partial charge in [-0.25, -0.2) is 0 Å². The number of halogens is 4. The molecule has 8 heteroatoms. The van der Waals surface area contributed by atoms with Crippen LogP contribution in [0.1, 0.15) is 5.82 Å². The largest absolute Gasteiger partial charge is 0.453 e. The van der Waals surface area contributed by atoms with Crippen molar-refractivity contribution in [3.63, 3.8) is 0 Å². The maximum absolute atomic E-state index is 12.5. The molecule has 0 bridgehead atoms. The number of hydrogen-bond donors (Lipinski definition) is 0. The van der Waals surface area contributed by atoms with E-state index in [0.717, 1.165) is 0 Å². The summed E-state index contributed by atoms with van der Waals surface area (Å²) in [4.78, 5) is 0. The van der Waals surface area contributed by atoms with Crippen LogP contribution in [0.15, 0.2) is 24.3 Å². The summed E-state index contributed by atoms with van der Waals surface area (Å²) in [5.74, 6) is -1.19. The Morgan fingerprint density at radius 1 is 1.25 bits per heavy atom. The van der Waals surface area contributed by atoms with E-state index in [1.165, 1.54) is 18.2 Å². The van der Waals surface area contributed by atoms with Gasteiger partial charge in [0.05, 0.1) is 5.69 Å². The first-order valence-electron chi connectivity index (χ1n) is 4.10. The lowest BCUT2D eigenvalue weighted by molar-refractivity contribution is -0.146. The fraction of sp³-hybridized carbons (Fsp3) is 0.125. The zero-order valence-electron chi connectivity index (χ0n) is 7.61. The van der Waals surface area contributed by atoms with E-state index in [1.807, 2.05) is 0 Å². The summed E-state index contributed by atoms with van der Waals surface area (Å²) in [6.07, 6.45) is -4.61. The molecule has 0 atom stereocenters. The van der Waals surface area contributed by atoms with Gasteiger partial charge < -0.3 is 0 Å². The van der Waals surface area contributed by atoms with E-state index in [1.54, 1.807) is 6.07 Å². The Morgan fingerprint density at radius 3 is 2.62 bits per heavy atom. The molecular formula is C8H4ClF3N4. The Balaban J connectivity index is 2.53. The average Bonchev–Trinajstić information content (AvgIpc) is 2.65. The van der Waals surface area contributed by atoms with Crippen LogP contribution < -0.4 is 0 Å². The Labute approximate surface area is 92.6 Å². The summed E-state index contributed by atoms with van der Waals surface area (Å²) < 4.78 is 38.0. The molecule has 2 rings (SSSR count). The molecule has 0 unspecified atom stereocenters. The summed E-state index contributed by atoms with van der Waals surface area (Å²) >= 11 is 5.67. The Bertz CT molecular complexity index is 508. The molecule has 2 aromatic rings. The van der Waals surface area contributed by atoms with Crippen molar-refractivity contribution in [3.8, 4) is 5.69 Å². The minimum atomic E-state index is -4.61. The SMILES string of the molecule is FC(F)(F)c1nnnn1-c1cccc(Cl)c1. The van der Waals surface area contributed by atoms with Crippen molar-refractivity contribution in [1.29, 1.82) is 0 Å². The second-order valence-electron chi connectivity index (χ2n) is 2.89. The Kier molecular flexibility index (Phi) is 2.55. The molecule has 0 aliphatic rings. The van der Waals surface area contributed by atoms with Crippen LogP contribution in [-0.4, -0.2) is 20.2 Å². The molecule has 0 saturated heterocycles. The van der Waals surface area contributed by atoms with Crippen molar-refractivity contribution in [2.75, 3.05) is 0 Å². The van der Waals surface area contributed by atoms with Gasteiger partial charge in [0.25, 0.3) is 5.82 Å². The molecule has 0 fully saturated rings. The molecule has 1 aromatic carbocycles. The Morgan fingerprint density at radius 2 is 2.00 bits per heavy atom. The second-order valence-corrected chi connectivity index (χ2v) is 3.33. The Hall–Kier alpha value is -1.63. The molecule has 16 heavy (non-hydrogen) atoms. The predicted molar refractivity (Wildman–Crippen MR) is 49.2 cm³/mol. The molecule has 1 aromatic heterocycles. The van der Waals surface area contributed by atoms with Crippen LogP contribution in [0.5, 0.6) is 0 Å². The topological polar surface area (TPSA) is 43.6 Å². The maximum Gasteiger partial charge on any atom is 0.453 e. The van der Waals surface area contributed by atoms with Crippen molar-refractivity contribution in [3.05, 3.63) is 35.1 Å². The highest BCUT2D eigenvalue weighted by molar-refractivity contribution is 6.30. The van der Waals surface area contributed by atoms with Gasteiger partial charge in [0.2, 0.25) is 0 Å². The third-order valence-corrected chi connectivity index (χ3v) is 2.01. The summed E-state index contributed by atoms with van der Waals surface area (Å²) in [6, 6.07) is 5.83. The molecule has 0 aliphatic heterocycles. The molecule has 0 aliphatic carbocycles. The lowest BCUT2D eigenvalue weighted by Gasteiger charge is -2.06. The van der Waals surface area contributed by atoms with Gasteiger partial charge in [-0.3, -0.25) is 0 Å². The monoisotopic (exact) mass is 248 g/mol. The fourth-order valence-electron chi connectivity index (χ4n) is 1.15. The summed E-state index contributed by atoms with van der Waals surface area (Å²) in [6.45, 7) is 0. The van der Waals surface area contributed by atoms with Crippen LogP contribution in [0.25, 0.3) is 5.69 Å². The van der Waals surface area contributed by atoms with Gasteiger partial charge in [-0.1, -0.05) is 17.7 Å². The van der Waals surface area contributed by atoms with Crippen LogP contribution in [0.3, 0.4) is 0 Å². The highest BCUT2D eigenvalue weighted by atomic mass is 35.5. The zero-order chi connectivity index (χ0) is 11.8. The third-order valence-electron chi connectivity index (χ3n) is 1.78. The van der Waals surface area contributed by atoms with E-state index in [9.17, 15) is 13.2 Å². The first kappa shape index (κ1) is 10.9. The lowest BCUT2D eigenvalue weighted by Crippen LogP contribution is -2.14. The van der Waals surface area contributed by atoms with Crippen molar-refractivity contribution in [2.45, 2.75) is 6.18 Å². The van der Waals surface area contributed by atoms with Crippen LogP contribution in [0.2, 0.25) is 5.02 Å². The van der Waals surface area contributed by atoms with E-state index >= 15 is 0 Å². The number of rotatable bonds is 1. The number of tetrazole rings is 1.